The molecule has 0 spiro atoms. The summed E-state index contributed by atoms with van der Waals surface area (Å²) in [6, 6.07) is 5.89. The summed E-state index contributed by atoms with van der Waals surface area (Å²) >= 11 is 0. The third-order valence-electron chi connectivity index (χ3n) is 2.32. The van der Waals surface area contributed by atoms with Gasteiger partial charge in [-0.2, -0.15) is 5.10 Å². The van der Waals surface area contributed by atoms with E-state index in [0.717, 1.165) is 16.7 Å². The fourth-order valence-corrected chi connectivity index (χ4v) is 1.47. The van der Waals surface area contributed by atoms with Crippen LogP contribution in [0, 0.1) is 13.8 Å². The van der Waals surface area contributed by atoms with Crippen LogP contribution >= 0.6 is 0 Å². The Balaban J connectivity index is 2.89. The quantitative estimate of drug-likeness (QED) is 0.446. The van der Waals surface area contributed by atoms with Gasteiger partial charge in [-0.3, -0.25) is 9.59 Å². The first-order valence-corrected chi connectivity index (χ1v) is 5.13. The van der Waals surface area contributed by atoms with E-state index in [0.29, 0.717) is 5.71 Å². The van der Waals surface area contributed by atoms with Crippen LogP contribution in [0.2, 0.25) is 0 Å². The van der Waals surface area contributed by atoms with Crippen molar-refractivity contribution in [3.63, 3.8) is 0 Å². The van der Waals surface area contributed by atoms with Gasteiger partial charge in [-0.05, 0) is 26.3 Å². The van der Waals surface area contributed by atoms with E-state index in [2.05, 4.69) is 10.5 Å². The Hall–Kier alpha value is -2.17. The van der Waals surface area contributed by atoms with E-state index in [1.807, 2.05) is 32.0 Å². The standard InChI is InChI=1S/C12H15N3O2/c1-7-4-5-10(8(2)6-7)9(3)14-15-12(17)11(13)16/h4-6H,1-3H3,(H2,13,16)(H,15,17). The van der Waals surface area contributed by atoms with Crippen molar-refractivity contribution in [2.75, 3.05) is 0 Å². The highest BCUT2D eigenvalue weighted by Crippen LogP contribution is 2.11. The van der Waals surface area contributed by atoms with Gasteiger partial charge in [0.2, 0.25) is 0 Å². The van der Waals surface area contributed by atoms with Crippen molar-refractivity contribution in [2.45, 2.75) is 20.8 Å². The van der Waals surface area contributed by atoms with Gasteiger partial charge in [0.1, 0.15) is 0 Å². The SMILES string of the molecule is CC(=NNC(=O)C(N)=O)c1ccc(C)cc1C. The molecular formula is C12H15N3O2. The van der Waals surface area contributed by atoms with Crippen molar-refractivity contribution in [2.24, 2.45) is 10.8 Å². The van der Waals surface area contributed by atoms with Gasteiger partial charge in [0.05, 0.1) is 5.71 Å². The number of rotatable bonds is 2. The van der Waals surface area contributed by atoms with Crippen molar-refractivity contribution < 1.29 is 9.59 Å². The summed E-state index contributed by atoms with van der Waals surface area (Å²) < 4.78 is 0. The predicted molar refractivity (Wildman–Crippen MR) is 65.5 cm³/mol. The third-order valence-corrected chi connectivity index (χ3v) is 2.32. The van der Waals surface area contributed by atoms with E-state index in [1.54, 1.807) is 6.92 Å². The number of hydrogen-bond acceptors (Lipinski definition) is 3. The number of amides is 2. The van der Waals surface area contributed by atoms with Gasteiger partial charge < -0.3 is 5.73 Å². The fraction of sp³-hybridized carbons (Fsp3) is 0.250. The lowest BCUT2D eigenvalue weighted by atomic mass is 10.0. The van der Waals surface area contributed by atoms with E-state index in [9.17, 15) is 9.59 Å². The smallest absolute Gasteiger partial charge is 0.329 e. The molecule has 0 fully saturated rings. The van der Waals surface area contributed by atoms with E-state index in [-0.39, 0.29) is 0 Å². The zero-order chi connectivity index (χ0) is 13.0. The number of hydrazone groups is 1. The molecule has 90 valence electrons. The third kappa shape index (κ3) is 3.41. The number of hydrogen-bond donors (Lipinski definition) is 2. The number of nitrogens with two attached hydrogens (primary N) is 1. The molecule has 5 nitrogen and oxygen atoms in total. The summed E-state index contributed by atoms with van der Waals surface area (Å²) in [6.07, 6.45) is 0. The topological polar surface area (TPSA) is 84.6 Å². The van der Waals surface area contributed by atoms with Gasteiger partial charge in [0.15, 0.2) is 0 Å². The average molecular weight is 233 g/mol. The minimum atomic E-state index is -1.05. The molecule has 0 aliphatic carbocycles. The molecule has 5 heteroatoms. The largest absolute Gasteiger partial charge is 0.361 e. The Morgan fingerprint density at radius 3 is 2.47 bits per heavy atom. The van der Waals surface area contributed by atoms with Crippen molar-refractivity contribution >= 4 is 17.5 Å². The van der Waals surface area contributed by atoms with Crippen molar-refractivity contribution in [1.82, 2.24) is 5.43 Å². The number of nitrogens with zero attached hydrogens (tertiary/aromatic N) is 1. The highest BCUT2D eigenvalue weighted by molar-refractivity contribution is 6.34. The summed E-state index contributed by atoms with van der Waals surface area (Å²) in [7, 11) is 0. The number of aryl methyl sites for hydroxylation is 2. The maximum absolute atomic E-state index is 10.9. The Morgan fingerprint density at radius 1 is 1.29 bits per heavy atom. The Kier molecular flexibility index (Phi) is 3.98. The molecule has 0 bridgehead atoms. The van der Waals surface area contributed by atoms with Gasteiger partial charge in [-0.1, -0.05) is 23.8 Å². The van der Waals surface area contributed by atoms with Crippen LogP contribution in [0.15, 0.2) is 23.3 Å². The van der Waals surface area contributed by atoms with Gasteiger partial charge in [0.25, 0.3) is 0 Å². The van der Waals surface area contributed by atoms with Crippen molar-refractivity contribution in [1.29, 1.82) is 0 Å². The molecule has 0 aromatic heterocycles. The highest BCUT2D eigenvalue weighted by atomic mass is 16.2. The van der Waals surface area contributed by atoms with Crippen LogP contribution in [-0.4, -0.2) is 17.5 Å². The molecule has 0 radical (unpaired) electrons. The number of carbonyl (C=O) groups is 2. The van der Waals surface area contributed by atoms with Gasteiger partial charge >= 0.3 is 11.8 Å². The Labute approximate surface area is 99.7 Å². The molecule has 0 heterocycles. The summed E-state index contributed by atoms with van der Waals surface area (Å²) in [6.45, 7) is 5.70. The molecule has 0 saturated carbocycles. The molecule has 3 N–H and O–H groups in total. The van der Waals surface area contributed by atoms with Crippen molar-refractivity contribution in [3.05, 3.63) is 34.9 Å². The summed E-state index contributed by atoms with van der Waals surface area (Å²) in [4.78, 5) is 21.4. The van der Waals surface area contributed by atoms with E-state index in [1.165, 1.54) is 0 Å². The maximum atomic E-state index is 10.9. The molecule has 0 unspecified atom stereocenters. The molecular weight excluding hydrogens is 218 g/mol. The lowest BCUT2D eigenvalue weighted by Gasteiger charge is -2.06. The van der Waals surface area contributed by atoms with Gasteiger partial charge in [-0.25, -0.2) is 5.43 Å². The summed E-state index contributed by atoms with van der Waals surface area (Å²) in [5.41, 5.74) is 10.6. The summed E-state index contributed by atoms with van der Waals surface area (Å²) in [5, 5.41) is 3.82. The Bertz CT molecular complexity index is 493. The van der Waals surface area contributed by atoms with Gasteiger partial charge in [0, 0.05) is 5.56 Å². The predicted octanol–water partition coefficient (Wildman–Crippen LogP) is 0.629. The Morgan fingerprint density at radius 2 is 1.94 bits per heavy atom. The van der Waals surface area contributed by atoms with Crippen LogP contribution in [0.3, 0.4) is 0 Å². The van der Waals surface area contributed by atoms with E-state index >= 15 is 0 Å². The molecule has 1 rings (SSSR count). The molecule has 17 heavy (non-hydrogen) atoms. The minimum Gasteiger partial charge on any atom is -0.361 e. The first-order valence-electron chi connectivity index (χ1n) is 5.13. The van der Waals surface area contributed by atoms with Crippen LogP contribution in [0.1, 0.15) is 23.6 Å². The van der Waals surface area contributed by atoms with Crippen LogP contribution < -0.4 is 11.2 Å². The molecule has 0 saturated heterocycles. The normalized spacial score (nSPS) is 11.1. The molecule has 0 aliphatic rings. The molecule has 1 aromatic carbocycles. The number of primary amides is 1. The maximum Gasteiger partial charge on any atom is 0.329 e. The second-order valence-corrected chi connectivity index (χ2v) is 3.82. The summed E-state index contributed by atoms with van der Waals surface area (Å²) in [5.74, 6) is -1.98. The zero-order valence-corrected chi connectivity index (χ0v) is 10.1. The second kappa shape index (κ2) is 5.25. The van der Waals surface area contributed by atoms with Crippen LogP contribution in [-0.2, 0) is 9.59 Å². The molecule has 0 atom stereocenters. The minimum absolute atomic E-state index is 0.622. The van der Waals surface area contributed by atoms with Crippen LogP contribution in [0.25, 0.3) is 0 Å². The highest BCUT2D eigenvalue weighted by Gasteiger charge is 2.07. The number of nitrogens with one attached hydrogen (secondary N) is 1. The molecule has 1 aromatic rings. The fourth-order valence-electron chi connectivity index (χ4n) is 1.47. The van der Waals surface area contributed by atoms with Crippen molar-refractivity contribution in [3.8, 4) is 0 Å². The lowest BCUT2D eigenvalue weighted by molar-refractivity contribution is -0.137. The first-order chi connectivity index (χ1) is 7.91. The lowest BCUT2D eigenvalue weighted by Crippen LogP contribution is -2.33. The van der Waals surface area contributed by atoms with Crippen LogP contribution in [0.5, 0.6) is 0 Å². The number of carbonyl (C=O) groups excluding carboxylic acids is 2. The van der Waals surface area contributed by atoms with Gasteiger partial charge in [-0.15, -0.1) is 0 Å². The molecule has 2 amide bonds. The monoisotopic (exact) mass is 233 g/mol. The van der Waals surface area contributed by atoms with Crippen LogP contribution in [0.4, 0.5) is 0 Å². The first kappa shape index (κ1) is 12.9. The van der Waals surface area contributed by atoms with E-state index in [4.69, 9.17) is 5.73 Å². The molecule has 0 aliphatic heterocycles. The number of benzene rings is 1. The van der Waals surface area contributed by atoms with E-state index < -0.39 is 11.8 Å². The second-order valence-electron chi connectivity index (χ2n) is 3.82. The average Bonchev–Trinajstić information content (AvgIpc) is 2.25. The zero-order valence-electron chi connectivity index (χ0n) is 10.1.